The van der Waals surface area contributed by atoms with Crippen molar-refractivity contribution in [2.75, 3.05) is 0 Å². The van der Waals surface area contributed by atoms with E-state index >= 15 is 0 Å². The topological polar surface area (TPSA) is 13.1 Å². The Morgan fingerprint density at radius 2 is 0.816 bits per heavy atom. The highest BCUT2D eigenvalue weighted by Crippen LogP contribution is 2.45. The van der Waals surface area contributed by atoms with Crippen LogP contribution in [0.5, 0.6) is 0 Å². The second-order valence-corrected chi connectivity index (χ2v) is 10.5. The molecule has 10 aromatic rings. The summed E-state index contributed by atoms with van der Waals surface area (Å²) in [6.45, 7) is 0. The smallest absolute Gasteiger partial charge is 0.143 e. The molecule has 49 heavy (non-hydrogen) atoms. The number of rotatable bonds is 4. The van der Waals surface area contributed by atoms with Gasteiger partial charge in [0.2, 0.25) is 0 Å². The maximum atomic E-state index is 9.68. The van der Waals surface area contributed by atoms with E-state index in [1.54, 1.807) is 0 Å². The molecule has 1 aromatic heterocycles. The SMILES string of the molecule is [2H]c1c([2H])c([2H])c(-c2c([2H])c([2H])c(-c3c4c([2H])c([2H])c([2H])c([2H])c4c(-c4c([2H])c([2H])c(-c5c([2H])c([2H])c([2H])c6oc7c8c([2H])c([2H])c([2H])c([2H])c8c([2H])c([2H])c7c56)c([2H])c4[2H])c4c([2H])c([2H])c([2H])c([2H])c34)c([2H])c2[2H])c([2H])c1[2H]. The summed E-state index contributed by atoms with van der Waals surface area (Å²) in [7, 11) is 0. The van der Waals surface area contributed by atoms with E-state index in [-0.39, 0.29) is 0 Å². The summed E-state index contributed by atoms with van der Waals surface area (Å²) in [6, 6.07) is -28.8. The molecule has 1 heteroatoms. The molecular formula is C48H30O. The Balaban J connectivity index is 1.41. The minimum Gasteiger partial charge on any atom is -0.455 e. The van der Waals surface area contributed by atoms with E-state index in [4.69, 9.17) is 27.7 Å². The van der Waals surface area contributed by atoms with Crippen molar-refractivity contribution in [1.82, 2.24) is 0 Å². The number of furan rings is 1. The fourth-order valence-electron chi connectivity index (χ4n) is 5.78. The summed E-state index contributed by atoms with van der Waals surface area (Å²) < 4.78 is 275. The van der Waals surface area contributed by atoms with Crippen LogP contribution in [0.15, 0.2) is 186 Å². The quantitative estimate of drug-likeness (QED) is 0.172. The van der Waals surface area contributed by atoms with E-state index in [0.29, 0.717) is 0 Å². The van der Waals surface area contributed by atoms with Gasteiger partial charge >= 0.3 is 0 Å². The molecular weight excluding hydrogens is 593 g/mol. The highest BCUT2D eigenvalue weighted by molar-refractivity contribution is 6.22. The van der Waals surface area contributed by atoms with Crippen LogP contribution in [0.4, 0.5) is 0 Å². The fourth-order valence-corrected chi connectivity index (χ4v) is 5.78. The van der Waals surface area contributed by atoms with Crippen molar-refractivity contribution in [3.05, 3.63) is 181 Å². The molecule has 0 N–H and O–H groups in total. The highest BCUT2D eigenvalue weighted by atomic mass is 16.3. The van der Waals surface area contributed by atoms with Gasteiger partial charge in [0.25, 0.3) is 0 Å². The van der Waals surface area contributed by atoms with Crippen LogP contribution in [0, 0.1) is 0 Å². The molecule has 0 saturated heterocycles. The van der Waals surface area contributed by atoms with E-state index in [1.165, 1.54) is 0 Å². The van der Waals surface area contributed by atoms with Gasteiger partial charge in [-0.2, -0.15) is 0 Å². The molecule has 0 aliphatic carbocycles. The Labute approximate surface area is 326 Å². The molecule has 0 amide bonds. The van der Waals surface area contributed by atoms with Crippen LogP contribution >= 0.6 is 0 Å². The lowest BCUT2D eigenvalue weighted by atomic mass is 9.85. The van der Waals surface area contributed by atoms with Gasteiger partial charge in [-0.1, -0.05) is 169 Å². The van der Waals surface area contributed by atoms with Gasteiger partial charge in [-0.15, -0.1) is 0 Å². The average molecular weight is 653 g/mol. The number of hydrogen-bond acceptors (Lipinski definition) is 1. The predicted octanol–water partition coefficient (Wildman–Crippen LogP) is 13.7. The molecule has 228 valence electrons. The summed E-state index contributed by atoms with van der Waals surface area (Å²) >= 11 is 0. The maximum absolute atomic E-state index is 9.68. The summed E-state index contributed by atoms with van der Waals surface area (Å²) in [5, 5.41) is -5.08. The van der Waals surface area contributed by atoms with Gasteiger partial charge in [0.1, 0.15) is 11.2 Å². The Hall–Kier alpha value is -6.44. The van der Waals surface area contributed by atoms with Crippen LogP contribution in [-0.4, -0.2) is 0 Å². The van der Waals surface area contributed by atoms with Gasteiger partial charge < -0.3 is 4.42 Å². The van der Waals surface area contributed by atoms with E-state index in [2.05, 4.69) is 0 Å². The number of hydrogen-bond donors (Lipinski definition) is 0. The molecule has 0 spiro atoms. The van der Waals surface area contributed by atoms with Crippen LogP contribution < -0.4 is 0 Å². The third-order valence-corrected chi connectivity index (χ3v) is 7.87. The fraction of sp³-hybridized carbons (Fsp3) is 0. The minimum atomic E-state index is -1.13. The summed E-state index contributed by atoms with van der Waals surface area (Å²) in [5.74, 6) is 0. The Bertz CT molecular complexity index is 4430. The standard InChI is InChI=1S/C48H30O/c1-2-11-31(12-3-1)32-21-25-35(26-22-32)45-39-15-6-8-17-41(39)46(42-18-9-7-16-40(42)45)36-27-23-34(24-28-36)37-19-10-20-44-47(37)43-30-29-33-13-4-5-14-38(33)48(43)49-44/h1-30H/i1D,2D,3D,4D,5D,6D,7D,8D,9D,10D,11D,12D,13D,14D,15D,16D,17D,18D,19D,20D,21D,22D,23D,24D,25D,26D,27D,28D,29D,30D. The first-order valence-corrected chi connectivity index (χ1v) is 14.4. The molecule has 1 heterocycles. The Kier molecular flexibility index (Phi) is 2.50. The average Bonchev–Trinajstić information content (AvgIpc) is 4.01. The van der Waals surface area contributed by atoms with Crippen LogP contribution in [0.3, 0.4) is 0 Å². The summed E-state index contributed by atoms with van der Waals surface area (Å²) in [6.07, 6.45) is 0. The van der Waals surface area contributed by atoms with E-state index < -0.39 is 280 Å². The van der Waals surface area contributed by atoms with Gasteiger partial charge in [-0.3, -0.25) is 0 Å². The highest BCUT2D eigenvalue weighted by Gasteiger charge is 2.18. The van der Waals surface area contributed by atoms with Crippen LogP contribution in [0.2, 0.25) is 0 Å². The number of fused-ring (bicyclic) bond motifs is 7. The molecule has 10 rings (SSSR count). The van der Waals surface area contributed by atoms with Crippen molar-refractivity contribution in [2.45, 2.75) is 0 Å². The molecule has 9 aromatic carbocycles. The third-order valence-electron chi connectivity index (χ3n) is 7.87. The van der Waals surface area contributed by atoms with Crippen LogP contribution in [0.1, 0.15) is 41.1 Å². The second-order valence-electron chi connectivity index (χ2n) is 10.5. The molecule has 0 aliphatic rings. The van der Waals surface area contributed by atoms with Gasteiger partial charge in [-0.25, -0.2) is 0 Å². The zero-order valence-corrected chi connectivity index (χ0v) is 24.4. The van der Waals surface area contributed by atoms with Crippen molar-refractivity contribution >= 4 is 54.3 Å². The first kappa shape index (κ1) is 11.1. The molecule has 0 fully saturated rings. The second kappa shape index (κ2) is 11.1. The van der Waals surface area contributed by atoms with Crippen molar-refractivity contribution in [1.29, 1.82) is 0 Å². The van der Waals surface area contributed by atoms with Crippen LogP contribution in [-0.2, 0) is 0 Å². The van der Waals surface area contributed by atoms with E-state index in [1.807, 2.05) is 0 Å². The largest absolute Gasteiger partial charge is 0.455 e. The first-order valence-electron chi connectivity index (χ1n) is 29.4. The van der Waals surface area contributed by atoms with Crippen molar-refractivity contribution in [2.24, 2.45) is 0 Å². The zero-order valence-electron chi connectivity index (χ0n) is 54.4. The molecule has 0 bridgehead atoms. The Morgan fingerprint density at radius 1 is 0.327 bits per heavy atom. The number of benzene rings is 9. The zero-order chi connectivity index (χ0) is 58.4. The van der Waals surface area contributed by atoms with Gasteiger partial charge in [0, 0.05) is 16.2 Å². The summed E-state index contributed by atoms with van der Waals surface area (Å²) in [4.78, 5) is 0. The van der Waals surface area contributed by atoms with Crippen molar-refractivity contribution in [3.63, 3.8) is 0 Å². The predicted molar refractivity (Wildman–Crippen MR) is 208 cm³/mol. The summed E-state index contributed by atoms with van der Waals surface area (Å²) in [5.41, 5.74) is -7.62. The van der Waals surface area contributed by atoms with E-state index in [0.717, 1.165) is 0 Å². The molecule has 0 aliphatic heterocycles. The van der Waals surface area contributed by atoms with Crippen LogP contribution in [0.25, 0.3) is 98.8 Å². The molecule has 0 unspecified atom stereocenters. The van der Waals surface area contributed by atoms with Gasteiger partial charge in [0.05, 0.1) is 41.1 Å². The maximum Gasteiger partial charge on any atom is 0.143 e. The van der Waals surface area contributed by atoms with E-state index in [9.17, 15) is 17.8 Å². The monoisotopic (exact) mass is 652 g/mol. The van der Waals surface area contributed by atoms with Crippen molar-refractivity contribution in [3.8, 4) is 44.5 Å². The van der Waals surface area contributed by atoms with Gasteiger partial charge in [0.15, 0.2) is 0 Å². The molecule has 1 nitrogen and oxygen atoms in total. The lowest BCUT2D eigenvalue weighted by Crippen LogP contribution is -1.91. The lowest BCUT2D eigenvalue weighted by molar-refractivity contribution is 0.673. The lowest BCUT2D eigenvalue weighted by Gasteiger charge is -2.18. The minimum absolute atomic E-state index is 0.439. The Morgan fingerprint density at radius 3 is 1.43 bits per heavy atom. The molecule has 0 saturated carbocycles. The normalized spacial score (nSPS) is 20.2. The third kappa shape index (κ3) is 4.40. The van der Waals surface area contributed by atoms with Gasteiger partial charge in [-0.05, 0) is 83.5 Å². The first-order chi connectivity index (χ1) is 36.8. The molecule has 0 radical (unpaired) electrons. The molecule has 0 atom stereocenters. The van der Waals surface area contributed by atoms with Crippen molar-refractivity contribution < 1.29 is 45.5 Å².